The molecule has 0 atom stereocenters. The Hall–Kier alpha value is -2.05. The second kappa shape index (κ2) is 4.86. The number of nitrogens with zero attached hydrogens (tertiary/aromatic N) is 2. The molecule has 7 heteroatoms. The lowest BCUT2D eigenvalue weighted by Crippen LogP contribution is -2.40. The molecule has 0 fully saturated rings. The van der Waals surface area contributed by atoms with Crippen molar-refractivity contribution in [1.29, 1.82) is 0 Å². The lowest BCUT2D eigenvalue weighted by atomic mass is 10.1. The molecule has 0 spiro atoms. The van der Waals surface area contributed by atoms with Crippen LogP contribution in [0.5, 0.6) is 11.8 Å². The maximum atomic E-state index is 11.0. The van der Waals surface area contributed by atoms with E-state index in [-0.39, 0.29) is 5.95 Å². The lowest BCUT2D eigenvalue weighted by Gasteiger charge is -2.21. The van der Waals surface area contributed by atoms with E-state index >= 15 is 0 Å². The third-order valence-electron chi connectivity index (χ3n) is 2.06. The van der Waals surface area contributed by atoms with Crippen LogP contribution in [-0.2, 0) is 4.79 Å². The van der Waals surface area contributed by atoms with Gasteiger partial charge in [0.05, 0.1) is 20.3 Å². The zero-order valence-electron chi connectivity index (χ0n) is 10.1. The zero-order chi connectivity index (χ0) is 13.1. The molecule has 0 aliphatic heterocycles. The van der Waals surface area contributed by atoms with Gasteiger partial charge < -0.3 is 19.9 Å². The molecule has 0 amide bonds. The number of aromatic nitrogens is 2. The van der Waals surface area contributed by atoms with Crippen LogP contribution >= 0.6 is 0 Å². The van der Waals surface area contributed by atoms with E-state index in [9.17, 15) is 4.79 Å². The summed E-state index contributed by atoms with van der Waals surface area (Å²) in [6.45, 7) is 3.01. The van der Waals surface area contributed by atoms with E-state index in [1.807, 2.05) is 0 Å². The summed E-state index contributed by atoms with van der Waals surface area (Å²) in [6.07, 6.45) is 0. The van der Waals surface area contributed by atoms with Crippen LogP contribution in [-0.4, -0.2) is 40.8 Å². The Bertz CT molecular complexity index is 398. The van der Waals surface area contributed by atoms with Gasteiger partial charge in [-0.05, 0) is 13.8 Å². The second-order valence-electron chi connectivity index (χ2n) is 3.83. The quantitative estimate of drug-likeness (QED) is 0.786. The molecular formula is C10H15N3O4. The molecule has 0 saturated heterocycles. The topological polar surface area (TPSA) is 93.6 Å². The fraction of sp³-hybridized carbons (Fsp3) is 0.500. The van der Waals surface area contributed by atoms with Crippen molar-refractivity contribution in [3.05, 3.63) is 6.07 Å². The molecule has 1 aromatic heterocycles. The average Bonchev–Trinajstić information content (AvgIpc) is 2.27. The van der Waals surface area contributed by atoms with Gasteiger partial charge >= 0.3 is 5.97 Å². The molecule has 1 aromatic rings. The standard InChI is InChI=1S/C10H15N3O4/c1-10(2,8(14)15)13-9-11-6(16-3)5-7(12-9)17-4/h5H,1-4H3,(H,14,15)(H,11,12,13). The Kier molecular flexibility index (Phi) is 3.72. The summed E-state index contributed by atoms with van der Waals surface area (Å²) in [4.78, 5) is 18.9. The van der Waals surface area contributed by atoms with Crippen molar-refractivity contribution in [1.82, 2.24) is 9.97 Å². The van der Waals surface area contributed by atoms with Crippen LogP contribution in [0.15, 0.2) is 6.07 Å². The minimum Gasteiger partial charge on any atom is -0.481 e. The molecule has 7 nitrogen and oxygen atoms in total. The molecule has 0 saturated carbocycles. The summed E-state index contributed by atoms with van der Waals surface area (Å²) < 4.78 is 9.91. The molecule has 94 valence electrons. The molecule has 0 aliphatic rings. The van der Waals surface area contributed by atoms with Crippen molar-refractivity contribution < 1.29 is 19.4 Å². The average molecular weight is 241 g/mol. The van der Waals surface area contributed by atoms with Crippen molar-refractivity contribution in [3.63, 3.8) is 0 Å². The van der Waals surface area contributed by atoms with Crippen LogP contribution in [0, 0.1) is 0 Å². The molecule has 17 heavy (non-hydrogen) atoms. The first kappa shape index (κ1) is 13.0. The van der Waals surface area contributed by atoms with Crippen molar-refractivity contribution in [2.24, 2.45) is 0 Å². The number of hydrogen-bond acceptors (Lipinski definition) is 6. The molecule has 0 aromatic carbocycles. The second-order valence-corrected chi connectivity index (χ2v) is 3.83. The lowest BCUT2D eigenvalue weighted by molar-refractivity contribution is -0.141. The molecule has 0 radical (unpaired) electrons. The Morgan fingerprint density at radius 1 is 1.29 bits per heavy atom. The number of carbonyl (C=O) groups is 1. The van der Waals surface area contributed by atoms with Gasteiger partial charge in [0.25, 0.3) is 0 Å². The summed E-state index contributed by atoms with van der Waals surface area (Å²) >= 11 is 0. The predicted molar refractivity (Wildman–Crippen MR) is 60.5 cm³/mol. The van der Waals surface area contributed by atoms with E-state index in [1.165, 1.54) is 34.1 Å². The summed E-state index contributed by atoms with van der Waals surface area (Å²) in [5.74, 6) is -0.294. The molecule has 0 aliphatic carbocycles. The van der Waals surface area contributed by atoms with Gasteiger partial charge in [0, 0.05) is 0 Å². The number of anilines is 1. The SMILES string of the molecule is COc1cc(OC)nc(NC(C)(C)C(=O)O)n1. The molecular weight excluding hydrogens is 226 g/mol. The van der Waals surface area contributed by atoms with Gasteiger partial charge in [0.2, 0.25) is 17.7 Å². The van der Waals surface area contributed by atoms with E-state index in [4.69, 9.17) is 14.6 Å². The number of rotatable bonds is 5. The van der Waals surface area contributed by atoms with E-state index in [0.717, 1.165) is 0 Å². The monoisotopic (exact) mass is 241 g/mol. The van der Waals surface area contributed by atoms with E-state index in [1.54, 1.807) is 0 Å². The van der Waals surface area contributed by atoms with Crippen LogP contribution in [0.3, 0.4) is 0 Å². The van der Waals surface area contributed by atoms with Gasteiger partial charge in [-0.1, -0.05) is 0 Å². The number of ether oxygens (including phenoxy) is 2. The predicted octanol–water partition coefficient (Wildman–Crippen LogP) is 0.769. The summed E-state index contributed by atoms with van der Waals surface area (Å²) in [5, 5.41) is 11.7. The number of hydrogen-bond donors (Lipinski definition) is 2. The maximum Gasteiger partial charge on any atom is 0.328 e. The third kappa shape index (κ3) is 3.20. The third-order valence-corrected chi connectivity index (χ3v) is 2.06. The highest BCUT2D eigenvalue weighted by atomic mass is 16.5. The van der Waals surface area contributed by atoms with Crippen molar-refractivity contribution in [2.45, 2.75) is 19.4 Å². The number of carboxylic acid groups (broad SMARTS) is 1. The van der Waals surface area contributed by atoms with Gasteiger partial charge in [-0.3, -0.25) is 0 Å². The Morgan fingerprint density at radius 2 is 1.76 bits per heavy atom. The molecule has 0 unspecified atom stereocenters. The number of nitrogens with one attached hydrogen (secondary N) is 1. The minimum atomic E-state index is -1.18. The van der Waals surface area contributed by atoms with Crippen LogP contribution < -0.4 is 14.8 Å². The van der Waals surface area contributed by atoms with Crippen LogP contribution in [0.4, 0.5) is 5.95 Å². The maximum absolute atomic E-state index is 11.0. The first-order valence-corrected chi connectivity index (χ1v) is 4.87. The van der Waals surface area contributed by atoms with Gasteiger partial charge in [0.15, 0.2) is 0 Å². The highest BCUT2D eigenvalue weighted by Gasteiger charge is 2.28. The highest BCUT2D eigenvalue weighted by Crippen LogP contribution is 2.19. The van der Waals surface area contributed by atoms with Gasteiger partial charge in [0.1, 0.15) is 5.54 Å². The Labute approximate surface area is 98.8 Å². The molecule has 1 rings (SSSR count). The van der Waals surface area contributed by atoms with Crippen molar-refractivity contribution in [3.8, 4) is 11.8 Å². The first-order valence-electron chi connectivity index (χ1n) is 4.87. The zero-order valence-corrected chi connectivity index (χ0v) is 10.1. The largest absolute Gasteiger partial charge is 0.481 e. The molecule has 1 heterocycles. The summed E-state index contributed by atoms with van der Waals surface area (Å²) in [7, 11) is 2.90. The van der Waals surface area contributed by atoms with E-state index in [2.05, 4.69) is 15.3 Å². The highest BCUT2D eigenvalue weighted by molar-refractivity contribution is 5.80. The van der Waals surface area contributed by atoms with Crippen molar-refractivity contribution in [2.75, 3.05) is 19.5 Å². The smallest absolute Gasteiger partial charge is 0.328 e. The van der Waals surface area contributed by atoms with Crippen LogP contribution in [0.25, 0.3) is 0 Å². The Morgan fingerprint density at radius 3 is 2.12 bits per heavy atom. The van der Waals surface area contributed by atoms with E-state index < -0.39 is 11.5 Å². The summed E-state index contributed by atoms with van der Waals surface area (Å²) in [5.41, 5.74) is -1.18. The number of aliphatic carboxylic acids is 1. The fourth-order valence-corrected chi connectivity index (χ4v) is 1.00. The minimum absolute atomic E-state index is 0.133. The fourth-order valence-electron chi connectivity index (χ4n) is 1.00. The number of methoxy groups -OCH3 is 2. The first-order chi connectivity index (χ1) is 7.89. The summed E-state index contributed by atoms with van der Waals surface area (Å²) in [6, 6.07) is 1.50. The Balaban J connectivity index is 3.02. The van der Waals surface area contributed by atoms with Crippen LogP contribution in [0.2, 0.25) is 0 Å². The normalized spacial score (nSPS) is 10.8. The van der Waals surface area contributed by atoms with Gasteiger partial charge in [-0.25, -0.2) is 4.79 Å². The number of carboxylic acids is 1. The molecule has 2 N–H and O–H groups in total. The van der Waals surface area contributed by atoms with Crippen LogP contribution in [0.1, 0.15) is 13.8 Å². The van der Waals surface area contributed by atoms with Gasteiger partial charge in [-0.2, -0.15) is 9.97 Å². The van der Waals surface area contributed by atoms with Crippen molar-refractivity contribution >= 4 is 11.9 Å². The van der Waals surface area contributed by atoms with E-state index in [0.29, 0.717) is 11.8 Å². The van der Waals surface area contributed by atoms with Gasteiger partial charge in [-0.15, -0.1) is 0 Å². The molecule has 0 bridgehead atoms.